The van der Waals surface area contributed by atoms with Gasteiger partial charge >= 0.3 is 0 Å². The smallest absolute Gasteiger partial charge is 0.179 e. The van der Waals surface area contributed by atoms with E-state index >= 15 is 0 Å². The van der Waals surface area contributed by atoms with Gasteiger partial charge in [0.25, 0.3) is 0 Å². The van der Waals surface area contributed by atoms with Crippen LogP contribution in [0.5, 0.6) is 5.75 Å². The number of ether oxygens (including phenoxy) is 1. The molecule has 2 aromatic rings. The molecule has 0 aliphatic carbocycles. The van der Waals surface area contributed by atoms with Crippen molar-refractivity contribution in [3.63, 3.8) is 0 Å². The summed E-state index contributed by atoms with van der Waals surface area (Å²) in [5.74, 6) is -0.213. The van der Waals surface area contributed by atoms with E-state index in [4.69, 9.17) is 10.5 Å². The molecular formula is C14H12Br2FNO. The van der Waals surface area contributed by atoms with Crippen LogP contribution < -0.4 is 10.5 Å². The van der Waals surface area contributed by atoms with Gasteiger partial charge in [-0.1, -0.05) is 40.2 Å². The Morgan fingerprint density at radius 1 is 1.05 bits per heavy atom. The van der Waals surface area contributed by atoms with E-state index in [1.165, 1.54) is 0 Å². The molecule has 0 unspecified atom stereocenters. The molecule has 0 atom stereocenters. The Bertz CT molecular complexity index is 590. The Morgan fingerprint density at radius 2 is 1.79 bits per heavy atom. The lowest BCUT2D eigenvalue weighted by molar-refractivity contribution is 0.289. The number of hydrogen-bond donors (Lipinski definition) is 1. The Kier molecular flexibility index (Phi) is 4.96. The van der Waals surface area contributed by atoms with E-state index in [2.05, 4.69) is 31.9 Å². The molecule has 0 bridgehead atoms. The zero-order valence-corrected chi connectivity index (χ0v) is 13.2. The first-order valence-corrected chi connectivity index (χ1v) is 7.25. The third kappa shape index (κ3) is 3.35. The van der Waals surface area contributed by atoms with Gasteiger partial charge in [0, 0.05) is 16.6 Å². The SMILES string of the molecule is NCc1ccc(OCc2ccccc2Br)c(F)c1Br. The maximum Gasteiger partial charge on any atom is 0.179 e. The third-order valence-corrected chi connectivity index (χ3v) is 4.32. The number of hydrogen-bond acceptors (Lipinski definition) is 2. The second-order valence-corrected chi connectivity index (χ2v) is 5.58. The first-order chi connectivity index (χ1) is 9.13. The van der Waals surface area contributed by atoms with Gasteiger partial charge in [0.1, 0.15) is 6.61 Å². The predicted octanol–water partition coefficient (Wildman–Crippen LogP) is 4.39. The van der Waals surface area contributed by atoms with Crippen molar-refractivity contribution in [2.24, 2.45) is 5.73 Å². The van der Waals surface area contributed by atoms with Crippen LogP contribution >= 0.6 is 31.9 Å². The number of halogens is 3. The van der Waals surface area contributed by atoms with Crippen LogP contribution in [0.1, 0.15) is 11.1 Å². The molecule has 0 aliphatic rings. The molecule has 5 heteroatoms. The molecule has 2 aromatic carbocycles. The molecule has 0 saturated carbocycles. The molecule has 0 heterocycles. The second-order valence-electron chi connectivity index (χ2n) is 3.93. The van der Waals surface area contributed by atoms with Gasteiger partial charge in [-0.25, -0.2) is 4.39 Å². The minimum Gasteiger partial charge on any atom is -0.486 e. The summed E-state index contributed by atoms with van der Waals surface area (Å²) in [7, 11) is 0. The molecule has 0 aromatic heterocycles. The van der Waals surface area contributed by atoms with Crippen molar-refractivity contribution < 1.29 is 9.13 Å². The lowest BCUT2D eigenvalue weighted by Gasteiger charge is -2.11. The maximum absolute atomic E-state index is 14.0. The van der Waals surface area contributed by atoms with Gasteiger partial charge < -0.3 is 10.5 Å². The average Bonchev–Trinajstić information content (AvgIpc) is 2.42. The van der Waals surface area contributed by atoms with Crippen LogP contribution in [-0.2, 0) is 13.2 Å². The van der Waals surface area contributed by atoms with Crippen molar-refractivity contribution >= 4 is 31.9 Å². The maximum atomic E-state index is 14.0. The molecule has 0 saturated heterocycles. The van der Waals surface area contributed by atoms with Crippen LogP contribution in [0.4, 0.5) is 4.39 Å². The second kappa shape index (κ2) is 6.50. The largest absolute Gasteiger partial charge is 0.486 e. The highest BCUT2D eigenvalue weighted by Gasteiger charge is 2.12. The summed E-state index contributed by atoms with van der Waals surface area (Å²) in [6.07, 6.45) is 0. The van der Waals surface area contributed by atoms with Gasteiger partial charge in [-0.3, -0.25) is 0 Å². The zero-order valence-electron chi connectivity index (χ0n) is 10.00. The van der Waals surface area contributed by atoms with Gasteiger partial charge in [0.2, 0.25) is 0 Å². The van der Waals surface area contributed by atoms with Gasteiger partial charge in [0.15, 0.2) is 11.6 Å². The van der Waals surface area contributed by atoms with E-state index in [1.54, 1.807) is 12.1 Å². The summed E-state index contributed by atoms with van der Waals surface area (Å²) in [5.41, 5.74) is 7.18. The van der Waals surface area contributed by atoms with Gasteiger partial charge in [-0.05, 0) is 33.6 Å². The minimum atomic E-state index is -0.421. The Balaban J connectivity index is 2.17. The van der Waals surface area contributed by atoms with Crippen molar-refractivity contribution in [2.75, 3.05) is 0 Å². The normalized spacial score (nSPS) is 10.5. The highest BCUT2D eigenvalue weighted by molar-refractivity contribution is 9.10. The van der Waals surface area contributed by atoms with Gasteiger partial charge in [-0.15, -0.1) is 0 Å². The molecule has 2 nitrogen and oxygen atoms in total. The Labute approximate surface area is 128 Å². The van der Waals surface area contributed by atoms with Crippen LogP contribution in [0.3, 0.4) is 0 Å². The van der Waals surface area contributed by atoms with E-state index in [-0.39, 0.29) is 12.3 Å². The number of benzene rings is 2. The molecule has 0 radical (unpaired) electrons. The van der Waals surface area contributed by atoms with Crippen LogP contribution in [0.25, 0.3) is 0 Å². The molecule has 0 aliphatic heterocycles. The van der Waals surface area contributed by atoms with Crippen LogP contribution in [-0.4, -0.2) is 0 Å². The Morgan fingerprint density at radius 3 is 2.47 bits per heavy atom. The molecule has 0 spiro atoms. The molecule has 0 amide bonds. The lowest BCUT2D eigenvalue weighted by Crippen LogP contribution is -2.02. The number of nitrogens with two attached hydrogens (primary N) is 1. The fourth-order valence-electron chi connectivity index (χ4n) is 1.61. The number of rotatable bonds is 4. The molecule has 100 valence electrons. The predicted molar refractivity (Wildman–Crippen MR) is 80.5 cm³/mol. The van der Waals surface area contributed by atoms with E-state index < -0.39 is 5.82 Å². The summed E-state index contributed by atoms with van der Waals surface area (Å²) in [5, 5.41) is 0. The van der Waals surface area contributed by atoms with E-state index in [1.807, 2.05) is 24.3 Å². The topological polar surface area (TPSA) is 35.2 Å². The highest BCUT2D eigenvalue weighted by atomic mass is 79.9. The van der Waals surface area contributed by atoms with E-state index in [0.29, 0.717) is 16.6 Å². The summed E-state index contributed by atoms with van der Waals surface area (Å²) in [6.45, 7) is 0.578. The summed E-state index contributed by atoms with van der Waals surface area (Å²) >= 11 is 6.61. The standard InChI is InChI=1S/C14H12Br2FNO/c15-11-4-2-1-3-10(11)8-19-12-6-5-9(7-18)13(16)14(12)17/h1-6H,7-8,18H2. The summed E-state index contributed by atoms with van der Waals surface area (Å²) < 4.78 is 20.8. The van der Waals surface area contributed by atoms with Crippen LogP contribution in [0, 0.1) is 5.82 Å². The molecule has 19 heavy (non-hydrogen) atoms. The van der Waals surface area contributed by atoms with Crippen LogP contribution in [0.2, 0.25) is 0 Å². The van der Waals surface area contributed by atoms with Gasteiger partial charge in [0.05, 0.1) is 4.47 Å². The average molecular weight is 389 g/mol. The first kappa shape index (κ1) is 14.5. The monoisotopic (exact) mass is 387 g/mol. The zero-order chi connectivity index (χ0) is 13.8. The van der Waals surface area contributed by atoms with Crippen molar-refractivity contribution in [1.29, 1.82) is 0 Å². The van der Waals surface area contributed by atoms with Crippen molar-refractivity contribution in [3.8, 4) is 5.75 Å². The quantitative estimate of drug-likeness (QED) is 0.842. The fourth-order valence-corrected chi connectivity index (χ4v) is 2.50. The fraction of sp³-hybridized carbons (Fsp3) is 0.143. The van der Waals surface area contributed by atoms with E-state index in [9.17, 15) is 4.39 Å². The van der Waals surface area contributed by atoms with Crippen LogP contribution in [0.15, 0.2) is 45.3 Å². The molecule has 0 fully saturated rings. The highest BCUT2D eigenvalue weighted by Crippen LogP contribution is 2.29. The summed E-state index contributed by atoms with van der Waals surface area (Å²) in [6, 6.07) is 11.0. The minimum absolute atomic E-state index is 0.208. The van der Waals surface area contributed by atoms with Crippen molar-refractivity contribution in [3.05, 3.63) is 62.3 Å². The molecular weight excluding hydrogens is 377 g/mol. The van der Waals surface area contributed by atoms with Crippen molar-refractivity contribution in [2.45, 2.75) is 13.2 Å². The molecule has 2 N–H and O–H groups in total. The van der Waals surface area contributed by atoms with Crippen molar-refractivity contribution in [1.82, 2.24) is 0 Å². The third-order valence-electron chi connectivity index (χ3n) is 2.69. The summed E-state index contributed by atoms with van der Waals surface area (Å²) in [4.78, 5) is 0. The Hall–Kier alpha value is -0.910. The van der Waals surface area contributed by atoms with Gasteiger partial charge in [-0.2, -0.15) is 0 Å². The molecule has 2 rings (SSSR count). The lowest BCUT2D eigenvalue weighted by atomic mass is 10.2. The van der Waals surface area contributed by atoms with E-state index in [0.717, 1.165) is 10.0 Å². The first-order valence-electron chi connectivity index (χ1n) is 5.66.